The van der Waals surface area contributed by atoms with Crippen molar-refractivity contribution in [2.45, 2.75) is 6.92 Å². The second-order valence-electron chi connectivity index (χ2n) is 3.26. The Bertz CT molecular complexity index is 504. The van der Waals surface area contributed by atoms with Crippen LogP contribution in [-0.2, 0) is 7.05 Å². The van der Waals surface area contributed by atoms with Crippen LogP contribution in [0.1, 0.15) is 17.3 Å². The molecule has 0 aliphatic carbocycles. The maximum atomic E-state index is 11.2. The van der Waals surface area contributed by atoms with Gasteiger partial charge < -0.3 is 0 Å². The molecule has 0 radical (unpaired) electrons. The van der Waals surface area contributed by atoms with Crippen LogP contribution in [0.2, 0.25) is 0 Å². The van der Waals surface area contributed by atoms with Crippen LogP contribution in [0.25, 0.3) is 11.4 Å². The lowest BCUT2D eigenvalue weighted by atomic mass is 10.1. The van der Waals surface area contributed by atoms with Gasteiger partial charge in [-0.25, -0.2) is 4.68 Å². The van der Waals surface area contributed by atoms with Gasteiger partial charge in [-0.1, -0.05) is 18.2 Å². The van der Waals surface area contributed by atoms with E-state index in [1.165, 1.54) is 6.92 Å². The summed E-state index contributed by atoms with van der Waals surface area (Å²) in [7, 11) is 1.76. The molecule has 0 fully saturated rings. The Morgan fingerprint density at radius 3 is 2.80 bits per heavy atom. The Hall–Kier alpha value is -2.04. The number of Topliss-reactive ketones (excluding diaryl/α,β-unsaturated/α-hetero) is 1. The monoisotopic (exact) mass is 202 g/mol. The van der Waals surface area contributed by atoms with Crippen molar-refractivity contribution in [2.24, 2.45) is 7.05 Å². The molecule has 0 spiro atoms. The van der Waals surface area contributed by atoms with Crippen LogP contribution >= 0.6 is 0 Å². The number of tetrazole rings is 1. The van der Waals surface area contributed by atoms with Crippen molar-refractivity contribution in [1.82, 2.24) is 20.2 Å². The Balaban J connectivity index is 2.50. The molecule has 0 unspecified atom stereocenters. The lowest BCUT2D eigenvalue weighted by Gasteiger charge is -2.00. The van der Waals surface area contributed by atoms with Crippen LogP contribution in [0.3, 0.4) is 0 Å². The van der Waals surface area contributed by atoms with E-state index in [4.69, 9.17) is 0 Å². The van der Waals surface area contributed by atoms with Gasteiger partial charge in [0.2, 0.25) is 0 Å². The first-order chi connectivity index (χ1) is 7.18. The number of hydrogen-bond acceptors (Lipinski definition) is 4. The van der Waals surface area contributed by atoms with Crippen LogP contribution in [0.5, 0.6) is 0 Å². The summed E-state index contributed by atoms with van der Waals surface area (Å²) in [6.45, 7) is 1.54. The van der Waals surface area contributed by atoms with Gasteiger partial charge in [0.25, 0.3) is 0 Å². The quantitative estimate of drug-likeness (QED) is 0.683. The number of rotatable bonds is 2. The minimum Gasteiger partial charge on any atom is -0.295 e. The van der Waals surface area contributed by atoms with Gasteiger partial charge in [-0.15, -0.1) is 5.10 Å². The first-order valence-corrected chi connectivity index (χ1v) is 4.52. The van der Waals surface area contributed by atoms with Crippen LogP contribution in [-0.4, -0.2) is 26.0 Å². The van der Waals surface area contributed by atoms with E-state index in [9.17, 15) is 4.79 Å². The van der Waals surface area contributed by atoms with Gasteiger partial charge >= 0.3 is 0 Å². The smallest absolute Gasteiger partial charge is 0.181 e. The molecule has 1 heterocycles. The van der Waals surface area contributed by atoms with Gasteiger partial charge in [0.05, 0.1) is 0 Å². The number of ketones is 1. The molecule has 0 aliphatic heterocycles. The van der Waals surface area contributed by atoms with E-state index < -0.39 is 0 Å². The molecule has 2 rings (SSSR count). The second kappa shape index (κ2) is 3.61. The van der Waals surface area contributed by atoms with E-state index in [0.29, 0.717) is 11.4 Å². The minimum atomic E-state index is 0.0342. The summed E-state index contributed by atoms with van der Waals surface area (Å²) in [5.41, 5.74) is 1.51. The number of hydrogen-bond donors (Lipinski definition) is 0. The Kier molecular flexibility index (Phi) is 2.29. The largest absolute Gasteiger partial charge is 0.295 e. The number of benzene rings is 1. The van der Waals surface area contributed by atoms with Crippen LogP contribution in [0, 0.1) is 0 Å². The van der Waals surface area contributed by atoms with Gasteiger partial charge in [-0.3, -0.25) is 4.79 Å². The normalized spacial score (nSPS) is 10.3. The molecule has 76 valence electrons. The van der Waals surface area contributed by atoms with Crippen LogP contribution in [0.15, 0.2) is 24.3 Å². The third kappa shape index (κ3) is 1.76. The summed E-state index contributed by atoms with van der Waals surface area (Å²) in [5.74, 6) is 0.685. The zero-order valence-corrected chi connectivity index (χ0v) is 8.51. The van der Waals surface area contributed by atoms with E-state index in [2.05, 4.69) is 15.5 Å². The molecule has 15 heavy (non-hydrogen) atoms. The lowest BCUT2D eigenvalue weighted by molar-refractivity contribution is 0.101. The number of nitrogens with zero attached hydrogens (tertiary/aromatic N) is 4. The van der Waals surface area contributed by atoms with Gasteiger partial charge in [0.1, 0.15) is 0 Å². The van der Waals surface area contributed by atoms with E-state index in [1.54, 1.807) is 23.9 Å². The predicted molar refractivity (Wildman–Crippen MR) is 54.2 cm³/mol. The van der Waals surface area contributed by atoms with Crippen molar-refractivity contribution in [2.75, 3.05) is 0 Å². The van der Waals surface area contributed by atoms with Gasteiger partial charge in [0.15, 0.2) is 11.6 Å². The van der Waals surface area contributed by atoms with Crippen molar-refractivity contribution in [1.29, 1.82) is 0 Å². The average molecular weight is 202 g/mol. The number of aromatic nitrogens is 4. The molecule has 0 atom stereocenters. The molecule has 0 aliphatic rings. The molecule has 5 heteroatoms. The van der Waals surface area contributed by atoms with Crippen molar-refractivity contribution in [3.05, 3.63) is 29.8 Å². The highest BCUT2D eigenvalue weighted by Crippen LogP contribution is 2.16. The third-order valence-corrected chi connectivity index (χ3v) is 2.15. The predicted octanol–water partition coefficient (Wildman–Crippen LogP) is 1.08. The third-order valence-electron chi connectivity index (χ3n) is 2.15. The molecule has 1 aromatic heterocycles. The molecule has 2 aromatic rings. The zero-order valence-electron chi connectivity index (χ0n) is 8.51. The average Bonchev–Trinajstić information content (AvgIpc) is 2.64. The van der Waals surface area contributed by atoms with Crippen molar-refractivity contribution >= 4 is 5.78 Å². The Labute approximate surface area is 86.7 Å². The van der Waals surface area contributed by atoms with Crippen molar-refractivity contribution in [3.8, 4) is 11.4 Å². The molecule has 0 bridgehead atoms. The number of carbonyl (C=O) groups excluding carboxylic acids is 1. The summed E-state index contributed by atoms with van der Waals surface area (Å²) in [6, 6.07) is 7.25. The topological polar surface area (TPSA) is 60.7 Å². The summed E-state index contributed by atoms with van der Waals surface area (Å²) in [4.78, 5) is 11.2. The summed E-state index contributed by atoms with van der Waals surface area (Å²) in [5, 5.41) is 11.2. The molecule has 5 nitrogen and oxygen atoms in total. The number of aryl methyl sites for hydroxylation is 1. The first-order valence-electron chi connectivity index (χ1n) is 4.52. The fraction of sp³-hybridized carbons (Fsp3) is 0.200. The molecule has 0 saturated carbocycles. The fourth-order valence-electron chi connectivity index (χ4n) is 1.35. The van der Waals surface area contributed by atoms with Crippen molar-refractivity contribution in [3.63, 3.8) is 0 Å². The first kappa shape index (κ1) is 9.51. The number of carbonyl (C=O) groups is 1. The van der Waals surface area contributed by atoms with E-state index in [0.717, 1.165) is 5.56 Å². The van der Waals surface area contributed by atoms with Gasteiger partial charge in [0, 0.05) is 18.2 Å². The maximum absolute atomic E-state index is 11.2. The lowest BCUT2D eigenvalue weighted by Crippen LogP contribution is -1.97. The highest BCUT2D eigenvalue weighted by Gasteiger charge is 2.07. The van der Waals surface area contributed by atoms with E-state index in [1.807, 2.05) is 12.1 Å². The minimum absolute atomic E-state index is 0.0342. The zero-order chi connectivity index (χ0) is 10.8. The maximum Gasteiger partial charge on any atom is 0.181 e. The molecule has 1 aromatic carbocycles. The Morgan fingerprint density at radius 2 is 2.20 bits per heavy atom. The standard InChI is InChI=1S/C10H10N4O/c1-7(15)8-4-3-5-9(6-8)10-11-12-13-14(10)2/h3-6H,1-2H3. The van der Waals surface area contributed by atoms with Gasteiger partial charge in [-0.2, -0.15) is 0 Å². The molecule has 0 saturated heterocycles. The molecule has 0 amide bonds. The van der Waals surface area contributed by atoms with E-state index >= 15 is 0 Å². The van der Waals surface area contributed by atoms with E-state index in [-0.39, 0.29) is 5.78 Å². The SMILES string of the molecule is CC(=O)c1cccc(-c2nnnn2C)c1. The molecular formula is C10H10N4O. The van der Waals surface area contributed by atoms with Gasteiger partial charge in [-0.05, 0) is 23.4 Å². The summed E-state index contributed by atoms with van der Waals surface area (Å²) in [6.07, 6.45) is 0. The molecule has 0 N–H and O–H groups in total. The summed E-state index contributed by atoms with van der Waals surface area (Å²) < 4.78 is 1.57. The molecular weight excluding hydrogens is 192 g/mol. The summed E-state index contributed by atoms with van der Waals surface area (Å²) >= 11 is 0. The van der Waals surface area contributed by atoms with Crippen LogP contribution < -0.4 is 0 Å². The highest BCUT2D eigenvalue weighted by molar-refractivity contribution is 5.95. The van der Waals surface area contributed by atoms with Crippen molar-refractivity contribution < 1.29 is 4.79 Å². The fourth-order valence-corrected chi connectivity index (χ4v) is 1.35. The second-order valence-corrected chi connectivity index (χ2v) is 3.26. The highest BCUT2D eigenvalue weighted by atomic mass is 16.1. The van der Waals surface area contributed by atoms with Crippen LogP contribution in [0.4, 0.5) is 0 Å². The Morgan fingerprint density at radius 1 is 1.40 bits per heavy atom.